The molecule has 2 N–H and O–H groups in total. The number of hydrogen-bond acceptors (Lipinski definition) is 5. The number of rotatable bonds is 4. The van der Waals surface area contributed by atoms with E-state index in [0.717, 1.165) is 4.47 Å². The van der Waals surface area contributed by atoms with E-state index >= 15 is 0 Å². The first-order valence-electron chi connectivity index (χ1n) is 4.96. The smallest absolute Gasteiger partial charge is 0.267 e. The van der Waals surface area contributed by atoms with Gasteiger partial charge in [-0.15, -0.1) is 0 Å². The minimum absolute atomic E-state index is 0.0289. The van der Waals surface area contributed by atoms with E-state index in [4.69, 9.17) is 9.52 Å². The molecule has 0 atom stereocenters. The highest BCUT2D eigenvalue weighted by atomic mass is 79.9. The minimum atomic E-state index is -3.83. The molecule has 0 amide bonds. The number of aliphatic hydroxyl groups is 1. The highest BCUT2D eigenvalue weighted by Gasteiger charge is 2.22. The van der Waals surface area contributed by atoms with E-state index in [9.17, 15) is 8.42 Å². The summed E-state index contributed by atoms with van der Waals surface area (Å²) in [6.07, 6.45) is 1.47. The molecule has 2 heterocycles. The zero-order chi connectivity index (χ0) is 14.0. The normalized spacial score (nSPS) is 11.5. The summed E-state index contributed by atoms with van der Waals surface area (Å²) in [5, 5.41) is 8.91. The molecule has 0 aromatic carbocycles. The molecule has 102 valence electrons. The maximum absolute atomic E-state index is 12.1. The van der Waals surface area contributed by atoms with Crippen LogP contribution < -0.4 is 4.72 Å². The summed E-state index contributed by atoms with van der Waals surface area (Å²) in [6.45, 7) is -0.384. The second-order valence-electron chi connectivity index (χ2n) is 3.48. The van der Waals surface area contributed by atoms with Gasteiger partial charge in [0.15, 0.2) is 4.67 Å². The summed E-state index contributed by atoms with van der Waals surface area (Å²) in [5.74, 6) is 0.331. The molecular formula is C10H8Br2N2O4S. The van der Waals surface area contributed by atoms with Crippen molar-refractivity contribution in [3.8, 4) is 0 Å². The largest absolute Gasteiger partial charge is 0.450 e. The van der Waals surface area contributed by atoms with Crippen LogP contribution in [0.2, 0.25) is 0 Å². The number of nitrogens with one attached hydrogen (secondary N) is 1. The topological polar surface area (TPSA) is 92.4 Å². The fourth-order valence-corrected chi connectivity index (χ4v) is 3.53. The second-order valence-corrected chi connectivity index (χ2v) is 6.76. The van der Waals surface area contributed by atoms with Crippen LogP contribution in [0.25, 0.3) is 0 Å². The third-order valence-corrected chi connectivity index (χ3v) is 4.80. The Hall–Kier alpha value is -0.900. The first kappa shape index (κ1) is 14.5. The van der Waals surface area contributed by atoms with Gasteiger partial charge >= 0.3 is 0 Å². The van der Waals surface area contributed by atoms with Crippen LogP contribution in [0, 0.1) is 0 Å². The van der Waals surface area contributed by atoms with Crippen LogP contribution in [0.4, 0.5) is 5.82 Å². The van der Waals surface area contributed by atoms with Gasteiger partial charge in [-0.1, -0.05) is 0 Å². The Bertz CT molecular complexity index is 682. The molecule has 0 spiro atoms. The first-order valence-corrected chi connectivity index (χ1v) is 8.03. The van der Waals surface area contributed by atoms with E-state index in [-0.39, 0.29) is 27.7 Å². The fourth-order valence-electron chi connectivity index (χ4n) is 1.29. The van der Waals surface area contributed by atoms with Gasteiger partial charge in [0, 0.05) is 16.7 Å². The van der Waals surface area contributed by atoms with Crippen molar-refractivity contribution in [1.29, 1.82) is 0 Å². The number of furan rings is 1. The van der Waals surface area contributed by atoms with Crippen LogP contribution in [0.3, 0.4) is 0 Å². The average Bonchev–Trinajstić information content (AvgIpc) is 2.74. The summed E-state index contributed by atoms with van der Waals surface area (Å²) in [7, 11) is -3.83. The Balaban J connectivity index is 2.31. The van der Waals surface area contributed by atoms with E-state index in [2.05, 4.69) is 41.6 Å². The fraction of sp³-hybridized carbons (Fsp3) is 0.100. The van der Waals surface area contributed by atoms with E-state index in [1.54, 1.807) is 6.07 Å². The maximum atomic E-state index is 12.1. The van der Waals surface area contributed by atoms with Gasteiger partial charge < -0.3 is 9.52 Å². The maximum Gasteiger partial charge on any atom is 0.267 e. The summed E-state index contributed by atoms with van der Waals surface area (Å²) in [6, 6.07) is 4.42. The minimum Gasteiger partial charge on any atom is -0.450 e. The molecule has 2 aromatic rings. The van der Waals surface area contributed by atoms with Crippen molar-refractivity contribution in [1.82, 2.24) is 4.98 Å². The molecule has 2 rings (SSSR count). The second kappa shape index (κ2) is 5.61. The van der Waals surface area contributed by atoms with Gasteiger partial charge in [-0.2, -0.15) is 0 Å². The van der Waals surface area contributed by atoms with Crippen LogP contribution in [0.5, 0.6) is 0 Å². The van der Waals surface area contributed by atoms with Gasteiger partial charge in [-0.3, -0.25) is 4.72 Å². The number of sulfonamides is 1. The van der Waals surface area contributed by atoms with Crippen molar-refractivity contribution in [2.75, 3.05) is 4.72 Å². The SMILES string of the molecule is O=S(=O)(Nc1ccc(Br)cn1)c1cc(CO)oc1Br. The Morgan fingerprint density at radius 3 is 2.63 bits per heavy atom. The van der Waals surface area contributed by atoms with Crippen LogP contribution in [0.15, 0.2) is 42.9 Å². The summed E-state index contributed by atoms with van der Waals surface area (Å²) in [5.41, 5.74) is 0. The number of pyridine rings is 1. The molecule has 6 nitrogen and oxygen atoms in total. The molecule has 0 aliphatic rings. The van der Waals surface area contributed by atoms with Crippen LogP contribution in [0.1, 0.15) is 5.76 Å². The highest BCUT2D eigenvalue weighted by Crippen LogP contribution is 2.27. The van der Waals surface area contributed by atoms with Crippen molar-refractivity contribution in [3.05, 3.63) is 39.3 Å². The van der Waals surface area contributed by atoms with Crippen LogP contribution in [-0.2, 0) is 16.6 Å². The molecule has 0 aliphatic heterocycles. The molecule has 0 unspecified atom stereocenters. The summed E-state index contributed by atoms with van der Waals surface area (Å²) in [4.78, 5) is 3.82. The lowest BCUT2D eigenvalue weighted by atomic mass is 10.5. The van der Waals surface area contributed by atoms with Crippen molar-refractivity contribution < 1.29 is 17.9 Å². The monoisotopic (exact) mass is 410 g/mol. The number of aliphatic hydroxyl groups excluding tert-OH is 1. The molecule has 0 saturated heterocycles. The molecule has 2 aromatic heterocycles. The van der Waals surface area contributed by atoms with Crippen molar-refractivity contribution in [2.24, 2.45) is 0 Å². The van der Waals surface area contributed by atoms with E-state index in [1.807, 2.05) is 0 Å². The average molecular weight is 412 g/mol. The molecule has 19 heavy (non-hydrogen) atoms. The predicted molar refractivity (Wildman–Crippen MR) is 75.1 cm³/mol. The van der Waals surface area contributed by atoms with Gasteiger partial charge in [0.25, 0.3) is 10.0 Å². The number of halogens is 2. The summed E-state index contributed by atoms with van der Waals surface area (Å²) >= 11 is 6.20. The molecule has 0 aliphatic carbocycles. The van der Waals surface area contributed by atoms with Gasteiger partial charge in [-0.05, 0) is 44.0 Å². The first-order chi connectivity index (χ1) is 8.92. The molecule has 0 fully saturated rings. The Morgan fingerprint density at radius 2 is 2.11 bits per heavy atom. The molecular weight excluding hydrogens is 404 g/mol. The van der Waals surface area contributed by atoms with E-state index < -0.39 is 10.0 Å². The van der Waals surface area contributed by atoms with Gasteiger partial charge in [0.05, 0.1) is 0 Å². The lowest BCUT2D eigenvalue weighted by Crippen LogP contribution is -2.13. The quantitative estimate of drug-likeness (QED) is 0.806. The number of aromatic nitrogens is 1. The van der Waals surface area contributed by atoms with Crippen molar-refractivity contribution in [2.45, 2.75) is 11.5 Å². The number of anilines is 1. The molecule has 0 bridgehead atoms. The van der Waals surface area contributed by atoms with Crippen LogP contribution in [-0.4, -0.2) is 18.5 Å². The molecule has 0 saturated carbocycles. The third-order valence-electron chi connectivity index (χ3n) is 2.12. The highest BCUT2D eigenvalue weighted by molar-refractivity contribution is 9.10. The number of nitrogens with zero attached hydrogens (tertiary/aromatic N) is 1. The third kappa shape index (κ3) is 3.35. The van der Waals surface area contributed by atoms with E-state index in [1.165, 1.54) is 18.3 Å². The molecule has 9 heteroatoms. The predicted octanol–water partition coefficient (Wildman–Crippen LogP) is 2.49. The summed E-state index contributed by atoms with van der Waals surface area (Å²) < 4.78 is 32.3. The van der Waals surface area contributed by atoms with Crippen LogP contribution >= 0.6 is 31.9 Å². The van der Waals surface area contributed by atoms with Crippen molar-refractivity contribution >= 4 is 47.7 Å². The van der Waals surface area contributed by atoms with Gasteiger partial charge in [0.1, 0.15) is 23.1 Å². The standard InChI is InChI=1S/C10H8Br2N2O4S/c11-6-1-2-9(13-4-6)14-19(16,17)8-3-7(5-15)18-10(8)12/h1-4,15H,5H2,(H,13,14). The Kier molecular flexibility index (Phi) is 4.29. The lowest BCUT2D eigenvalue weighted by Gasteiger charge is -2.05. The zero-order valence-electron chi connectivity index (χ0n) is 9.30. The lowest BCUT2D eigenvalue weighted by molar-refractivity contribution is 0.245. The number of hydrogen-bond donors (Lipinski definition) is 2. The molecule has 0 radical (unpaired) electrons. The Labute approximate surface area is 126 Å². The van der Waals surface area contributed by atoms with E-state index in [0.29, 0.717) is 0 Å². The van der Waals surface area contributed by atoms with Gasteiger partial charge in [-0.25, -0.2) is 13.4 Å². The zero-order valence-corrected chi connectivity index (χ0v) is 13.3. The Morgan fingerprint density at radius 1 is 1.37 bits per heavy atom. The van der Waals surface area contributed by atoms with Crippen molar-refractivity contribution in [3.63, 3.8) is 0 Å². The van der Waals surface area contributed by atoms with Gasteiger partial charge in [0.2, 0.25) is 0 Å².